The van der Waals surface area contributed by atoms with Crippen LogP contribution in [0.5, 0.6) is 0 Å². The number of carbonyl (C=O) groups is 2. The van der Waals surface area contributed by atoms with Crippen molar-refractivity contribution in [2.75, 3.05) is 12.4 Å². The molecule has 1 N–H and O–H groups in total. The number of carbonyl (C=O) groups excluding carboxylic acids is 2. The zero-order chi connectivity index (χ0) is 20.9. The van der Waals surface area contributed by atoms with Gasteiger partial charge < -0.3 is 10.1 Å². The van der Waals surface area contributed by atoms with Crippen molar-refractivity contribution in [3.63, 3.8) is 0 Å². The van der Waals surface area contributed by atoms with Crippen LogP contribution in [0.4, 0.5) is 5.69 Å². The molecule has 6 heteroatoms. The fourth-order valence-electron chi connectivity index (χ4n) is 3.37. The molecule has 1 aromatic heterocycles. The zero-order valence-electron chi connectivity index (χ0n) is 16.5. The lowest BCUT2D eigenvalue weighted by atomic mass is 10.2. The van der Waals surface area contributed by atoms with Crippen molar-refractivity contribution < 1.29 is 14.3 Å². The van der Waals surface area contributed by atoms with Crippen LogP contribution in [0.2, 0.25) is 0 Å². The highest BCUT2D eigenvalue weighted by Crippen LogP contribution is 2.22. The SMILES string of the molecule is COC(=O)c1ccc(NC(=O)CCc2nc3ccccc3n2-c2ccccc2)cc1. The molecule has 1 heterocycles. The van der Waals surface area contributed by atoms with E-state index in [-0.39, 0.29) is 12.3 Å². The van der Waals surface area contributed by atoms with Crippen molar-refractivity contribution in [1.29, 1.82) is 0 Å². The number of nitrogens with zero attached hydrogens (tertiary/aromatic N) is 2. The highest BCUT2D eigenvalue weighted by Gasteiger charge is 2.14. The monoisotopic (exact) mass is 399 g/mol. The second-order valence-electron chi connectivity index (χ2n) is 6.80. The minimum atomic E-state index is -0.410. The summed E-state index contributed by atoms with van der Waals surface area (Å²) in [6, 6.07) is 24.6. The van der Waals surface area contributed by atoms with Crippen molar-refractivity contribution in [2.24, 2.45) is 0 Å². The van der Waals surface area contributed by atoms with Crippen LogP contribution in [-0.4, -0.2) is 28.5 Å². The third-order valence-electron chi connectivity index (χ3n) is 4.81. The summed E-state index contributed by atoms with van der Waals surface area (Å²) in [7, 11) is 1.33. The van der Waals surface area contributed by atoms with E-state index in [1.165, 1.54) is 7.11 Å². The van der Waals surface area contributed by atoms with Crippen LogP contribution in [0, 0.1) is 0 Å². The molecule has 30 heavy (non-hydrogen) atoms. The number of hydrogen-bond donors (Lipinski definition) is 1. The summed E-state index contributed by atoms with van der Waals surface area (Å²) in [4.78, 5) is 28.7. The van der Waals surface area contributed by atoms with Gasteiger partial charge >= 0.3 is 5.97 Å². The number of aromatic nitrogens is 2. The van der Waals surface area contributed by atoms with E-state index in [9.17, 15) is 9.59 Å². The fraction of sp³-hybridized carbons (Fsp3) is 0.125. The summed E-state index contributed by atoms with van der Waals surface area (Å²) in [5, 5.41) is 2.86. The first-order valence-electron chi connectivity index (χ1n) is 9.66. The smallest absolute Gasteiger partial charge is 0.337 e. The Bertz CT molecular complexity index is 1180. The second-order valence-corrected chi connectivity index (χ2v) is 6.80. The van der Waals surface area contributed by atoms with Gasteiger partial charge in [0, 0.05) is 24.2 Å². The summed E-state index contributed by atoms with van der Waals surface area (Å²) in [5.74, 6) is 0.304. The van der Waals surface area contributed by atoms with Gasteiger partial charge in [-0.15, -0.1) is 0 Å². The molecule has 4 aromatic rings. The van der Waals surface area contributed by atoms with E-state index in [1.807, 2.05) is 54.6 Å². The van der Waals surface area contributed by atoms with E-state index in [0.717, 1.165) is 22.5 Å². The lowest BCUT2D eigenvalue weighted by Gasteiger charge is -2.10. The van der Waals surface area contributed by atoms with Crippen LogP contribution < -0.4 is 5.32 Å². The van der Waals surface area contributed by atoms with Crippen LogP contribution in [0.15, 0.2) is 78.9 Å². The van der Waals surface area contributed by atoms with E-state index in [2.05, 4.69) is 14.6 Å². The maximum absolute atomic E-state index is 12.5. The van der Waals surface area contributed by atoms with Gasteiger partial charge in [0.1, 0.15) is 5.82 Å². The van der Waals surface area contributed by atoms with Gasteiger partial charge in [0.05, 0.1) is 23.7 Å². The van der Waals surface area contributed by atoms with E-state index in [1.54, 1.807) is 24.3 Å². The van der Waals surface area contributed by atoms with Crippen molar-refractivity contribution in [2.45, 2.75) is 12.8 Å². The van der Waals surface area contributed by atoms with Crippen molar-refractivity contribution in [1.82, 2.24) is 9.55 Å². The largest absolute Gasteiger partial charge is 0.465 e. The Hall–Kier alpha value is -3.93. The summed E-state index contributed by atoms with van der Waals surface area (Å²) < 4.78 is 6.77. The normalized spacial score (nSPS) is 10.7. The number of methoxy groups -OCH3 is 1. The van der Waals surface area contributed by atoms with Crippen LogP contribution in [-0.2, 0) is 16.0 Å². The Kier molecular flexibility index (Phi) is 5.57. The Morgan fingerprint density at radius 1 is 0.933 bits per heavy atom. The molecule has 0 fully saturated rings. The summed E-state index contributed by atoms with van der Waals surface area (Å²) in [6.07, 6.45) is 0.782. The number of para-hydroxylation sites is 3. The van der Waals surface area contributed by atoms with Crippen molar-refractivity contribution in [3.8, 4) is 5.69 Å². The second kappa shape index (κ2) is 8.61. The molecule has 0 bridgehead atoms. The molecule has 0 saturated carbocycles. The third-order valence-corrected chi connectivity index (χ3v) is 4.81. The first-order valence-corrected chi connectivity index (χ1v) is 9.66. The first kappa shape index (κ1) is 19.4. The van der Waals surface area contributed by atoms with Gasteiger partial charge in [-0.1, -0.05) is 30.3 Å². The number of imidazole rings is 1. The molecule has 150 valence electrons. The standard InChI is InChI=1S/C24H21N3O3/c1-30-24(29)17-11-13-18(14-12-17)25-23(28)16-15-22-26-20-9-5-6-10-21(20)27(22)19-7-3-2-4-8-19/h2-14H,15-16H2,1H3,(H,25,28). The topological polar surface area (TPSA) is 73.2 Å². The minimum absolute atomic E-state index is 0.118. The minimum Gasteiger partial charge on any atom is -0.465 e. The Labute approximate surface area is 174 Å². The molecule has 1 amide bonds. The van der Waals surface area contributed by atoms with Gasteiger partial charge in [-0.25, -0.2) is 9.78 Å². The molecule has 0 atom stereocenters. The average molecular weight is 399 g/mol. The number of nitrogens with one attached hydrogen (secondary N) is 1. The lowest BCUT2D eigenvalue weighted by Crippen LogP contribution is -2.14. The fourth-order valence-corrected chi connectivity index (χ4v) is 3.37. The van der Waals surface area contributed by atoms with E-state index < -0.39 is 5.97 Å². The summed E-state index contributed by atoms with van der Waals surface area (Å²) >= 11 is 0. The zero-order valence-corrected chi connectivity index (χ0v) is 16.5. The Morgan fingerprint density at radius 2 is 1.63 bits per heavy atom. The van der Waals surface area contributed by atoms with Gasteiger partial charge in [0.2, 0.25) is 5.91 Å². The molecular formula is C24H21N3O3. The lowest BCUT2D eigenvalue weighted by molar-refractivity contribution is -0.116. The number of esters is 1. The molecule has 3 aromatic carbocycles. The molecule has 0 unspecified atom stereocenters. The highest BCUT2D eigenvalue weighted by molar-refractivity contribution is 5.93. The molecular weight excluding hydrogens is 378 g/mol. The number of amides is 1. The first-order chi connectivity index (χ1) is 14.7. The predicted octanol–water partition coefficient (Wildman–Crippen LogP) is 4.38. The molecule has 0 aliphatic carbocycles. The maximum Gasteiger partial charge on any atom is 0.337 e. The molecule has 4 rings (SSSR count). The molecule has 0 aliphatic rings. The molecule has 0 saturated heterocycles. The third kappa shape index (κ3) is 4.07. The number of fused-ring (bicyclic) bond motifs is 1. The number of hydrogen-bond acceptors (Lipinski definition) is 4. The van der Waals surface area contributed by atoms with Crippen molar-refractivity contribution in [3.05, 3.63) is 90.3 Å². The Balaban J connectivity index is 1.50. The maximum atomic E-state index is 12.5. The summed E-state index contributed by atoms with van der Waals surface area (Å²) in [6.45, 7) is 0. The van der Waals surface area contributed by atoms with Crippen LogP contribution >= 0.6 is 0 Å². The predicted molar refractivity (Wildman–Crippen MR) is 116 cm³/mol. The number of benzene rings is 3. The van der Waals surface area contributed by atoms with E-state index >= 15 is 0 Å². The number of aryl methyl sites for hydroxylation is 1. The van der Waals surface area contributed by atoms with E-state index in [0.29, 0.717) is 17.7 Å². The number of anilines is 1. The van der Waals surface area contributed by atoms with E-state index in [4.69, 9.17) is 4.98 Å². The van der Waals surface area contributed by atoms with Crippen LogP contribution in [0.25, 0.3) is 16.7 Å². The number of ether oxygens (including phenoxy) is 1. The van der Waals surface area contributed by atoms with Crippen LogP contribution in [0.1, 0.15) is 22.6 Å². The van der Waals surface area contributed by atoms with Crippen LogP contribution in [0.3, 0.4) is 0 Å². The molecule has 0 aliphatic heterocycles. The molecule has 0 radical (unpaired) electrons. The van der Waals surface area contributed by atoms with Gasteiger partial charge in [0.25, 0.3) is 0 Å². The molecule has 0 spiro atoms. The quantitative estimate of drug-likeness (QED) is 0.488. The van der Waals surface area contributed by atoms with Gasteiger partial charge in [-0.2, -0.15) is 0 Å². The highest BCUT2D eigenvalue weighted by atomic mass is 16.5. The number of rotatable bonds is 6. The Morgan fingerprint density at radius 3 is 2.37 bits per heavy atom. The van der Waals surface area contributed by atoms with Crippen molar-refractivity contribution >= 4 is 28.6 Å². The van der Waals surface area contributed by atoms with Gasteiger partial charge in [-0.05, 0) is 48.5 Å². The average Bonchev–Trinajstić information content (AvgIpc) is 3.16. The van der Waals surface area contributed by atoms with Gasteiger partial charge in [0.15, 0.2) is 0 Å². The summed E-state index contributed by atoms with van der Waals surface area (Å²) in [5.41, 5.74) is 3.99. The van der Waals surface area contributed by atoms with Gasteiger partial charge in [-0.3, -0.25) is 9.36 Å². The molecule has 6 nitrogen and oxygen atoms in total.